The van der Waals surface area contributed by atoms with Crippen molar-refractivity contribution >= 4 is 29.1 Å². The van der Waals surface area contributed by atoms with Crippen LogP contribution < -0.4 is 9.47 Å². The predicted octanol–water partition coefficient (Wildman–Crippen LogP) is 4.38. The second-order valence-electron chi connectivity index (χ2n) is 6.69. The molecular weight excluding hydrogens is 401 g/mol. The fourth-order valence-electron chi connectivity index (χ4n) is 2.95. The van der Waals surface area contributed by atoms with Gasteiger partial charge in [-0.2, -0.15) is 0 Å². The first-order valence-electron chi connectivity index (χ1n) is 9.14. The lowest BCUT2D eigenvalue weighted by atomic mass is 10.2. The molecule has 0 unspecified atom stereocenters. The van der Waals surface area contributed by atoms with Gasteiger partial charge in [0.05, 0.1) is 18.2 Å². The summed E-state index contributed by atoms with van der Waals surface area (Å²) in [6, 6.07) is 12.6. The van der Waals surface area contributed by atoms with Crippen LogP contribution in [0.5, 0.6) is 11.5 Å². The van der Waals surface area contributed by atoms with E-state index in [0.717, 1.165) is 11.3 Å². The molecule has 0 saturated carbocycles. The number of para-hydroxylation sites is 1. The van der Waals surface area contributed by atoms with Gasteiger partial charge >= 0.3 is 0 Å². The van der Waals surface area contributed by atoms with E-state index in [1.807, 2.05) is 31.2 Å². The Balaban J connectivity index is 1.54. The minimum absolute atomic E-state index is 0.101. The first kappa shape index (κ1) is 20.8. The molecule has 0 aromatic heterocycles. The molecule has 1 saturated heterocycles. The van der Waals surface area contributed by atoms with Crippen LogP contribution in [-0.2, 0) is 9.53 Å². The van der Waals surface area contributed by atoms with Crippen molar-refractivity contribution in [1.82, 2.24) is 4.90 Å². The Kier molecular flexibility index (Phi) is 7.05. The van der Waals surface area contributed by atoms with Crippen molar-refractivity contribution in [2.24, 2.45) is 0 Å². The molecule has 2 aromatic carbocycles. The van der Waals surface area contributed by atoms with E-state index >= 15 is 0 Å². The number of hydrogen-bond donors (Lipinski definition) is 0. The molecule has 7 heteroatoms. The van der Waals surface area contributed by atoms with Gasteiger partial charge in [0.25, 0.3) is 5.91 Å². The van der Waals surface area contributed by atoms with Gasteiger partial charge in [-0.1, -0.05) is 35.3 Å². The molecule has 0 N–H and O–H groups in total. The highest BCUT2D eigenvalue weighted by atomic mass is 35.5. The average molecular weight is 424 g/mol. The maximum Gasteiger partial charge on any atom is 0.263 e. The van der Waals surface area contributed by atoms with E-state index in [1.54, 1.807) is 30.0 Å². The third-order valence-electron chi connectivity index (χ3n) is 4.50. The van der Waals surface area contributed by atoms with Gasteiger partial charge in [-0.05, 0) is 49.7 Å². The van der Waals surface area contributed by atoms with Crippen LogP contribution in [0.2, 0.25) is 10.0 Å². The second-order valence-corrected chi connectivity index (χ2v) is 7.50. The highest BCUT2D eigenvalue weighted by Crippen LogP contribution is 2.25. The lowest BCUT2D eigenvalue weighted by Crippen LogP contribution is -2.51. The summed E-state index contributed by atoms with van der Waals surface area (Å²) in [5.41, 5.74) is 0.950. The topological polar surface area (TPSA) is 48.0 Å². The minimum Gasteiger partial charge on any atom is -0.491 e. The molecule has 0 spiro atoms. The molecule has 0 radical (unpaired) electrons. The molecule has 150 valence electrons. The van der Waals surface area contributed by atoms with Crippen molar-refractivity contribution in [1.29, 1.82) is 0 Å². The summed E-state index contributed by atoms with van der Waals surface area (Å²) in [5, 5.41) is 1.18. The summed E-state index contributed by atoms with van der Waals surface area (Å²) in [5.74, 6) is 1.12. The highest BCUT2D eigenvalue weighted by Gasteiger charge is 2.29. The van der Waals surface area contributed by atoms with Crippen molar-refractivity contribution in [3.8, 4) is 11.5 Å². The SMILES string of the molecule is Cc1cc(OC[C@H]2CN(C(=O)[C@H](C)Oc3ccccc3Cl)CCO2)ccc1Cl. The van der Waals surface area contributed by atoms with Crippen LogP contribution in [-0.4, -0.2) is 49.3 Å². The smallest absolute Gasteiger partial charge is 0.263 e. The Labute approximate surface area is 175 Å². The van der Waals surface area contributed by atoms with Gasteiger partial charge < -0.3 is 19.1 Å². The zero-order valence-corrected chi connectivity index (χ0v) is 17.4. The zero-order chi connectivity index (χ0) is 20.1. The van der Waals surface area contributed by atoms with Gasteiger partial charge in [-0.3, -0.25) is 4.79 Å². The molecule has 3 rings (SSSR count). The van der Waals surface area contributed by atoms with Gasteiger partial charge in [0.1, 0.15) is 24.2 Å². The zero-order valence-electron chi connectivity index (χ0n) is 15.9. The summed E-state index contributed by atoms with van der Waals surface area (Å²) >= 11 is 12.1. The highest BCUT2D eigenvalue weighted by molar-refractivity contribution is 6.32. The van der Waals surface area contributed by atoms with Gasteiger partial charge in [-0.25, -0.2) is 0 Å². The number of nitrogens with zero attached hydrogens (tertiary/aromatic N) is 1. The quantitative estimate of drug-likeness (QED) is 0.691. The number of hydrogen-bond acceptors (Lipinski definition) is 4. The molecule has 2 aromatic rings. The number of ether oxygens (including phenoxy) is 3. The Morgan fingerprint density at radius 1 is 1.25 bits per heavy atom. The Morgan fingerprint density at radius 3 is 2.79 bits per heavy atom. The van der Waals surface area contributed by atoms with E-state index in [1.165, 1.54) is 0 Å². The third kappa shape index (κ3) is 5.31. The van der Waals surface area contributed by atoms with Crippen molar-refractivity contribution in [2.75, 3.05) is 26.3 Å². The molecule has 2 atom stereocenters. The number of aryl methyl sites for hydroxylation is 1. The molecule has 1 heterocycles. The lowest BCUT2D eigenvalue weighted by molar-refractivity contribution is -0.146. The van der Waals surface area contributed by atoms with Crippen LogP contribution in [0.3, 0.4) is 0 Å². The number of rotatable bonds is 6. The van der Waals surface area contributed by atoms with E-state index in [9.17, 15) is 4.79 Å². The van der Waals surface area contributed by atoms with Gasteiger partial charge in [0.15, 0.2) is 6.10 Å². The van der Waals surface area contributed by atoms with Gasteiger partial charge in [-0.15, -0.1) is 0 Å². The van der Waals surface area contributed by atoms with Gasteiger partial charge in [0.2, 0.25) is 0 Å². The van der Waals surface area contributed by atoms with Crippen molar-refractivity contribution < 1.29 is 19.0 Å². The molecule has 1 aliphatic heterocycles. The number of morpholine rings is 1. The Bertz CT molecular complexity index is 830. The van der Waals surface area contributed by atoms with Crippen molar-refractivity contribution in [2.45, 2.75) is 26.1 Å². The first-order valence-corrected chi connectivity index (χ1v) is 9.90. The standard InChI is InChI=1S/C21H23Cl2NO4/c1-14-11-16(7-8-18(14)22)27-13-17-12-24(9-10-26-17)21(25)15(2)28-20-6-4-3-5-19(20)23/h3-8,11,15,17H,9-10,12-13H2,1-2H3/t15-,17+/m0/s1. The second kappa shape index (κ2) is 9.50. The third-order valence-corrected chi connectivity index (χ3v) is 5.24. The largest absolute Gasteiger partial charge is 0.491 e. The van der Waals surface area contributed by atoms with Crippen LogP contribution in [0.25, 0.3) is 0 Å². The Hall–Kier alpha value is -1.95. The maximum atomic E-state index is 12.8. The molecule has 5 nitrogen and oxygen atoms in total. The van der Waals surface area contributed by atoms with Crippen molar-refractivity contribution in [3.63, 3.8) is 0 Å². The van der Waals surface area contributed by atoms with E-state index in [-0.39, 0.29) is 12.0 Å². The van der Waals surface area contributed by atoms with Crippen LogP contribution in [0.4, 0.5) is 0 Å². The number of carbonyl (C=O) groups is 1. The van der Waals surface area contributed by atoms with Gasteiger partial charge in [0, 0.05) is 11.6 Å². The first-order chi connectivity index (χ1) is 13.4. The van der Waals surface area contributed by atoms with Crippen LogP contribution in [0, 0.1) is 6.92 Å². The van der Waals surface area contributed by atoms with E-state index in [2.05, 4.69) is 0 Å². The lowest BCUT2D eigenvalue weighted by Gasteiger charge is -2.34. The Morgan fingerprint density at radius 2 is 2.04 bits per heavy atom. The molecular formula is C21H23Cl2NO4. The van der Waals surface area contributed by atoms with Crippen LogP contribution >= 0.6 is 23.2 Å². The summed E-state index contributed by atoms with van der Waals surface area (Å²) in [6.45, 7) is 5.42. The summed E-state index contributed by atoms with van der Waals surface area (Å²) < 4.78 is 17.3. The monoisotopic (exact) mass is 423 g/mol. The molecule has 0 bridgehead atoms. The number of halogens is 2. The fraction of sp³-hybridized carbons (Fsp3) is 0.381. The van der Waals surface area contributed by atoms with Crippen LogP contribution in [0.1, 0.15) is 12.5 Å². The maximum absolute atomic E-state index is 12.8. The summed E-state index contributed by atoms with van der Waals surface area (Å²) in [7, 11) is 0. The molecule has 1 fully saturated rings. The molecule has 28 heavy (non-hydrogen) atoms. The molecule has 0 aliphatic carbocycles. The predicted molar refractivity (Wildman–Crippen MR) is 110 cm³/mol. The average Bonchev–Trinajstić information content (AvgIpc) is 2.70. The minimum atomic E-state index is -0.640. The molecule has 1 amide bonds. The van der Waals surface area contributed by atoms with E-state index in [0.29, 0.717) is 42.1 Å². The van der Waals surface area contributed by atoms with E-state index in [4.69, 9.17) is 37.4 Å². The summed E-state index contributed by atoms with van der Waals surface area (Å²) in [4.78, 5) is 14.5. The number of carbonyl (C=O) groups excluding carboxylic acids is 1. The number of benzene rings is 2. The summed E-state index contributed by atoms with van der Waals surface area (Å²) in [6.07, 6.45) is -0.848. The molecule has 1 aliphatic rings. The fourth-order valence-corrected chi connectivity index (χ4v) is 3.25. The normalized spacial score (nSPS) is 17.9. The number of amides is 1. The van der Waals surface area contributed by atoms with E-state index < -0.39 is 6.10 Å². The van der Waals surface area contributed by atoms with Crippen molar-refractivity contribution in [3.05, 3.63) is 58.1 Å². The van der Waals surface area contributed by atoms with Crippen LogP contribution in [0.15, 0.2) is 42.5 Å².